The van der Waals surface area contributed by atoms with Crippen LogP contribution in [0.25, 0.3) is 0 Å². The minimum Gasteiger partial charge on any atom is -0.468 e. The summed E-state index contributed by atoms with van der Waals surface area (Å²) in [5, 5.41) is 6.05. The lowest BCUT2D eigenvalue weighted by Crippen LogP contribution is -2.49. The summed E-state index contributed by atoms with van der Waals surface area (Å²) in [6, 6.07) is 3.00. The monoisotopic (exact) mass is 433 g/mol. The summed E-state index contributed by atoms with van der Waals surface area (Å²) >= 11 is 0. The third kappa shape index (κ3) is 8.08. The van der Waals surface area contributed by atoms with E-state index in [1.54, 1.807) is 13.2 Å². The smallest absolute Gasteiger partial charge is 0.422 e. The van der Waals surface area contributed by atoms with Gasteiger partial charge in [-0.05, 0) is 37.6 Å². The molecule has 1 aliphatic heterocycles. The van der Waals surface area contributed by atoms with E-state index in [4.69, 9.17) is 4.74 Å². The number of halogens is 5. The molecular weight excluding hydrogens is 410 g/mol. The largest absolute Gasteiger partial charge is 0.468 e. The van der Waals surface area contributed by atoms with E-state index < -0.39 is 18.2 Å². The molecule has 0 radical (unpaired) electrons. The predicted molar refractivity (Wildman–Crippen MR) is 98.5 cm³/mol. The molecule has 2 rings (SSSR count). The number of carbonyl (C=O) groups is 1. The standard InChI is InChI=1S/C16H22F3N3O3.2ClH/c1-24-10-15(3-6-20-7-4-15)14(23)22-9-12-2-5-21-13(8-12)25-11-16(17,18)19;;/h2,5,8,20H,3-4,6-7,9-11H2,1H3,(H,22,23);2*1H. The van der Waals surface area contributed by atoms with Crippen LogP contribution in [-0.4, -0.2) is 50.5 Å². The number of hydrogen-bond acceptors (Lipinski definition) is 5. The molecule has 1 aromatic rings. The van der Waals surface area contributed by atoms with Crippen molar-refractivity contribution in [3.63, 3.8) is 0 Å². The highest BCUT2D eigenvalue weighted by Gasteiger charge is 2.39. The first kappa shape index (κ1) is 25.7. The average molecular weight is 434 g/mol. The van der Waals surface area contributed by atoms with Crippen molar-refractivity contribution in [2.45, 2.75) is 25.6 Å². The highest BCUT2D eigenvalue weighted by molar-refractivity contribution is 5.85. The lowest BCUT2D eigenvalue weighted by atomic mass is 9.78. The minimum absolute atomic E-state index is 0. The molecule has 0 unspecified atom stereocenters. The van der Waals surface area contributed by atoms with E-state index in [0.717, 1.165) is 13.1 Å². The number of ether oxygens (including phenoxy) is 2. The fourth-order valence-corrected chi connectivity index (χ4v) is 2.78. The first-order valence-electron chi connectivity index (χ1n) is 7.97. The summed E-state index contributed by atoms with van der Waals surface area (Å²) in [6.07, 6.45) is -1.73. The first-order chi connectivity index (χ1) is 11.8. The van der Waals surface area contributed by atoms with Crippen molar-refractivity contribution in [2.24, 2.45) is 5.41 Å². The molecule has 2 N–H and O–H groups in total. The molecule has 1 aromatic heterocycles. The molecule has 2 heterocycles. The highest BCUT2D eigenvalue weighted by Crippen LogP contribution is 2.29. The van der Waals surface area contributed by atoms with Gasteiger partial charge < -0.3 is 20.1 Å². The Morgan fingerprint density at radius 3 is 2.59 bits per heavy atom. The Morgan fingerprint density at radius 1 is 1.33 bits per heavy atom. The van der Waals surface area contributed by atoms with Gasteiger partial charge >= 0.3 is 6.18 Å². The highest BCUT2D eigenvalue weighted by atomic mass is 35.5. The third-order valence-electron chi connectivity index (χ3n) is 4.10. The molecule has 0 spiro atoms. The van der Waals surface area contributed by atoms with Crippen molar-refractivity contribution < 1.29 is 27.4 Å². The van der Waals surface area contributed by atoms with Crippen LogP contribution in [0.15, 0.2) is 18.3 Å². The number of nitrogens with zero attached hydrogens (tertiary/aromatic N) is 1. The van der Waals surface area contributed by atoms with Crippen LogP contribution in [0.1, 0.15) is 18.4 Å². The Kier molecular flexibility index (Phi) is 11.0. The Morgan fingerprint density at radius 2 is 2.00 bits per heavy atom. The van der Waals surface area contributed by atoms with Crippen molar-refractivity contribution in [3.05, 3.63) is 23.9 Å². The molecule has 0 bridgehead atoms. The minimum atomic E-state index is -4.42. The molecule has 156 valence electrons. The Bertz CT molecular complexity index is 580. The molecule has 11 heteroatoms. The fraction of sp³-hybridized carbons (Fsp3) is 0.625. The number of amides is 1. The van der Waals surface area contributed by atoms with E-state index in [1.807, 2.05) is 0 Å². The lowest BCUT2D eigenvalue weighted by molar-refractivity contribution is -0.154. The molecule has 0 aromatic carbocycles. The number of carbonyl (C=O) groups excluding carboxylic acids is 1. The second-order valence-electron chi connectivity index (χ2n) is 6.05. The quantitative estimate of drug-likeness (QED) is 0.690. The first-order valence-corrected chi connectivity index (χ1v) is 7.97. The maximum atomic E-state index is 12.6. The number of aromatic nitrogens is 1. The second-order valence-corrected chi connectivity index (χ2v) is 6.05. The van der Waals surface area contributed by atoms with Crippen LogP contribution in [-0.2, 0) is 16.1 Å². The van der Waals surface area contributed by atoms with Gasteiger partial charge in [0.05, 0.1) is 12.0 Å². The van der Waals surface area contributed by atoms with Crippen molar-refractivity contribution in [1.82, 2.24) is 15.6 Å². The molecule has 0 atom stereocenters. The summed E-state index contributed by atoms with van der Waals surface area (Å²) in [4.78, 5) is 16.4. The molecule has 0 aliphatic carbocycles. The van der Waals surface area contributed by atoms with E-state index in [0.29, 0.717) is 25.0 Å². The zero-order valence-electron chi connectivity index (χ0n) is 14.8. The van der Waals surface area contributed by atoms with Gasteiger partial charge in [-0.25, -0.2) is 4.98 Å². The summed E-state index contributed by atoms with van der Waals surface area (Å²) in [5.74, 6) is -0.247. The van der Waals surface area contributed by atoms with Gasteiger partial charge in [0.25, 0.3) is 0 Å². The van der Waals surface area contributed by atoms with Crippen molar-refractivity contribution in [3.8, 4) is 5.88 Å². The Balaban J connectivity index is 0.00000338. The maximum absolute atomic E-state index is 12.6. The summed E-state index contributed by atoms with van der Waals surface area (Å²) < 4.78 is 46.4. The summed E-state index contributed by atoms with van der Waals surface area (Å²) in [6.45, 7) is 0.585. The molecule has 27 heavy (non-hydrogen) atoms. The third-order valence-corrected chi connectivity index (χ3v) is 4.10. The Hall–Kier alpha value is -1.29. The van der Waals surface area contributed by atoms with Crippen LogP contribution in [0, 0.1) is 5.41 Å². The van der Waals surface area contributed by atoms with Gasteiger partial charge in [-0.2, -0.15) is 13.2 Å². The van der Waals surface area contributed by atoms with Crippen LogP contribution < -0.4 is 15.4 Å². The van der Waals surface area contributed by atoms with Gasteiger partial charge in [0.15, 0.2) is 6.61 Å². The van der Waals surface area contributed by atoms with Gasteiger partial charge in [-0.3, -0.25) is 4.79 Å². The van der Waals surface area contributed by atoms with Crippen LogP contribution >= 0.6 is 24.8 Å². The summed E-state index contributed by atoms with van der Waals surface area (Å²) in [7, 11) is 1.56. The normalized spacial score (nSPS) is 15.9. The van der Waals surface area contributed by atoms with E-state index in [2.05, 4.69) is 20.4 Å². The number of methoxy groups -OCH3 is 1. The predicted octanol–water partition coefficient (Wildman–Crippen LogP) is 2.50. The van der Waals surface area contributed by atoms with Crippen LogP contribution in [0.2, 0.25) is 0 Å². The second kappa shape index (κ2) is 11.5. The molecule has 1 amide bonds. The van der Waals surface area contributed by atoms with E-state index >= 15 is 0 Å². The average Bonchev–Trinajstić information content (AvgIpc) is 2.59. The number of nitrogens with one attached hydrogen (secondary N) is 2. The van der Waals surface area contributed by atoms with Crippen molar-refractivity contribution in [1.29, 1.82) is 0 Å². The number of piperidine rings is 1. The molecule has 6 nitrogen and oxygen atoms in total. The van der Waals surface area contributed by atoms with Crippen LogP contribution in [0.3, 0.4) is 0 Å². The van der Waals surface area contributed by atoms with E-state index in [9.17, 15) is 18.0 Å². The number of pyridine rings is 1. The fourth-order valence-electron chi connectivity index (χ4n) is 2.78. The topological polar surface area (TPSA) is 72.5 Å². The molecule has 0 saturated carbocycles. The van der Waals surface area contributed by atoms with Crippen LogP contribution in [0.4, 0.5) is 13.2 Å². The number of alkyl halides is 3. The van der Waals surface area contributed by atoms with E-state index in [1.165, 1.54) is 12.3 Å². The van der Waals surface area contributed by atoms with Gasteiger partial charge in [0, 0.05) is 25.9 Å². The SMILES string of the molecule is COCC1(C(=O)NCc2ccnc(OCC(F)(F)F)c2)CCNCC1.Cl.Cl. The molecule has 1 saturated heterocycles. The Labute approximate surface area is 168 Å². The van der Waals surface area contributed by atoms with Gasteiger partial charge in [0.1, 0.15) is 0 Å². The molecule has 1 aliphatic rings. The van der Waals surface area contributed by atoms with Gasteiger partial charge in [-0.15, -0.1) is 24.8 Å². The van der Waals surface area contributed by atoms with Crippen molar-refractivity contribution in [2.75, 3.05) is 33.4 Å². The molecule has 1 fully saturated rings. The maximum Gasteiger partial charge on any atom is 0.422 e. The lowest BCUT2D eigenvalue weighted by Gasteiger charge is -2.35. The number of rotatable bonds is 7. The van der Waals surface area contributed by atoms with Crippen LogP contribution in [0.5, 0.6) is 5.88 Å². The zero-order valence-corrected chi connectivity index (χ0v) is 16.4. The van der Waals surface area contributed by atoms with Crippen molar-refractivity contribution >= 4 is 30.7 Å². The summed E-state index contributed by atoms with van der Waals surface area (Å²) in [5.41, 5.74) is 0.0323. The number of hydrogen-bond donors (Lipinski definition) is 2. The van der Waals surface area contributed by atoms with Gasteiger partial charge in [-0.1, -0.05) is 0 Å². The molecular formula is C16H24Cl2F3N3O3. The van der Waals surface area contributed by atoms with Gasteiger partial charge in [0.2, 0.25) is 11.8 Å². The zero-order chi connectivity index (χ0) is 18.3. The van der Waals surface area contributed by atoms with E-state index in [-0.39, 0.29) is 43.1 Å².